The number of hydrogen-bond donors (Lipinski definition) is 1. The molecule has 27 heavy (non-hydrogen) atoms. The first-order valence-electron chi connectivity index (χ1n) is 9.24. The summed E-state index contributed by atoms with van der Waals surface area (Å²) >= 11 is 0. The quantitative estimate of drug-likeness (QED) is 0.766. The molecule has 1 N–H and O–H groups in total. The van der Waals surface area contributed by atoms with E-state index in [-0.39, 0.29) is 24.4 Å². The van der Waals surface area contributed by atoms with Crippen molar-refractivity contribution >= 4 is 5.97 Å². The lowest BCUT2D eigenvalue weighted by Crippen LogP contribution is -2.25. The molecule has 5 heteroatoms. The number of carboxylic acid groups (broad SMARTS) is 1. The fourth-order valence-electron chi connectivity index (χ4n) is 3.52. The number of aryl methyl sites for hydroxylation is 2. The van der Waals surface area contributed by atoms with E-state index in [9.17, 15) is 9.18 Å². The van der Waals surface area contributed by atoms with Gasteiger partial charge in [-0.05, 0) is 62.1 Å². The third kappa shape index (κ3) is 4.59. The Hall–Kier alpha value is -2.56. The van der Waals surface area contributed by atoms with Crippen LogP contribution in [0.3, 0.4) is 0 Å². The third-order valence-corrected chi connectivity index (χ3v) is 4.76. The molecule has 2 aromatic rings. The van der Waals surface area contributed by atoms with E-state index in [2.05, 4.69) is 0 Å². The second-order valence-electron chi connectivity index (χ2n) is 7.56. The van der Waals surface area contributed by atoms with Crippen molar-refractivity contribution in [1.29, 1.82) is 0 Å². The molecule has 4 nitrogen and oxygen atoms in total. The zero-order valence-corrected chi connectivity index (χ0v) is 16.0. The topological polar surface area (TPSA) is 55.8 Å². The highest BCUT2D eigenvalue weighted by Crippen LogP contribution is 2.38. The van der Waals surface area contributed by atoms with Crippen LogP contribution < -0.4 is 9.47 Å². The fraction of sp³-hybridized carbons (Fsp3) is 0.409. The van der Waals surface area contributed by atoms with Crippen LogP contribution in [0.25, 0.3) is 0 Å². The Balaban J connectivity index is 1.75. The molecule has 0 radical (unpaired) electrons. The average molecular weight is 372 g/mol. The highest BCUT2D eigenvalue weighted by atomic mass is 19.1. The first-order chi connectivity index (χ1) is 12.8. The van der Waals surface area contributed by atoms with Gasteiger partial charge in [0.15, 0.2) is 0 Å². The van der Waals surface area contributed by atoms with E-state index in [4.69, 9.17) is 14.6 Å². The van der Waals surface area contributed by atoms with Crippen LogP contribution in [-0.2, 0) is 30.7 Å². The highest BCUT2D eigenvalue weighted by Gasteiger charge is 2.32. The van der Waals surface area contributed by atoms with Crippen molar-refractivity contribution < 1.29 is 23.8 Å². The Morgan fingerprint density at radius 2 is 2.00 bits per heavy atom. The summed E-state index contributed by atoms with van der Waals surface area (Å²) in [4.78, 5) is 10.8. The predicted molar refractivity (Wildman–Crippen MR) is 101 cm³/mol. The molecule has 0 unspecified atom stereocenters. The van der Waals surface area contributed by atoms with Crippen molar-refractivity contribution in [2.24, 2.45) is 0 Å². The standard InChI is InChI=1S/C22H25FO4/c1-4-14-11-19(7-5-15(14)6-8-20(24)25)26-13-17-10-18(23)9-16-12-22(2,3)27-21(16)17/h5,7,9-11H,4,6,8,12-13H2,1-3H3,(H,24,25). The summed E-state index contributed by atoms with van der Waals surface area (Å²) in [6.45, 7) is 6.21. The van der Waals surface area contributed by atoms with E-state index < -0.39 is 5.97 Å². The van der Waals surface area contributed by atoms with Crippen molar-refractivity contribution in [1.82, 2.24) is 0 Å². The molecule has 0 saturated carbocycles. The predicted octanol–water partition coefficient (Wildman–Crippen LogP) is 4.70. The number of hydrogen-bond acceptors (Lipinski definition) is 3. The normalized spacial score (nSPS) is 14.5. The number of carboxylic acids is 1. The molecule has 0 amide bonds. The number of benzene rings is 2. The molecule has 1 aliphatic rings. The van der Waals surface area contributed by atoms with Gasteiger partial charge in [0.25, 0.3) is 0 Å². The summed E-state index contributed by atoms with van der Waals surface area (Å²) in [7, 11) is 0. The van der Waals surface area contributed by atoms with Crippen molar-refractivity contribution in [3.05, 3.63) is 58.4 Å². The lowest BCUT2D eigenvalue weighted by Gasteiger charge is -2.18. The summed E-state index contributed by atoms with van der Waals surface area (Å²) in [5.41, 5.74) is 3.31. The van der Waals surface area contributed by atoms with Crippen molar-refractivity contribution in [2.75, 3.05) is 0 Å². The molecule has 1 aliphatic heterocycles. The minimum Gasteiger partial charge on any atom is -0.489 e. The molecule has 0 bridgehead atoms. The van der Waals surface area contributed by atoms with Crippen LogP contribution in [-0.4, -0.2) is 16.7 Å². The third-order valence-electron chi connectivity index (χ3n) is 4.76. The SMILES string of the molecule is CCc1cc(OCc2cc(F)cc3c2OC(C)(C)C3)ccc1CCC(=O)O. The number of aliphatic carboxylic acids is 1. The van der Waals surface area contributed by atoms with Gasteiger partial charge in [-0.2, -0.15) is 0 Å². The molecule has 1 heterocycles. The molecular formula is C22H25FO4. The van der Waals surface area contributed by atoms with Gasteiger partial charge in [0.1, 0.15) is 29.5 Å². The van der Waals surface area contributed by atoms with Crippen LogP contribution in [0.5, 0.6) is 11.5 Å². The summed E-state index contributed by atoms with van der Waals surface area (Å²) in [5.74, 6) is 0.309. The molecule has 0 saturated heterocycles. The molecule has 0 aliphatic carbocycles. The number of rotatable bonds is 7. The van der Waals surface area contributed by atoms with E-state index in [1.165, 1.54) is 12.1 Å². The average Bonchev–Trinajstić information content (AvgIpc) is 2.91. The van der Waals surface area contributed by atoms with Gasteiger partial charge in [-0.1, -0.05) is 13.0 Å². The van der Waals surface area contributed by atoms with E-state index in [1.54, 1.807) is 0 Å². The molecule has 144 valence electrons. The van der Waals surface area contributed by atoms with Crippen LogP contribution in [0.1, 0.15) is 49.4 Å². The molecule has 0 spiro atoms. The maximum Gasteiger partial charge on any atom is 0.303 e. The number of carbonyl (C=O) groups is 1. The number of halogens is 1. The van der Waals surface area contributed by atoms with Crippen molar-refractivity contribution in [3.63, 3.8) is 0 Å². The first-order valence-corrected chi connectivity index (χ1v) is 9.24. The zero-order chi connectivity index (χ0) is 19.6. The van der Waals surface area contributed by atoms with Crippen molar-refractivity contribution in [2.45, 2.75) is 58.7 Å². The zero-order valence-electron chi connectivity index (χ0n) is 16.0. The van der Waals surface area contributed by atoms with E-state index in [0.29, 0.717) is 24.2 Å². The Morgan fingerprint density at radius 3 is 2.70 bits per heavy atom. The second-order valence-corrected chi connectivity index (χ2v) is 7.56. The summed E-state index contributed by atoms with van der Waals surface area (Å²) in [6, 6.07) is 8.66. The Bertz CT molecular complexity index is 858. The van der Waals surface area contributed by atoms with Crippen LogP contribution in [0, 0.1) is 5.82 Å². The van der Waals surface area contributed by atoms with Crippen molar-refractivity contribution in [3.8, 4) is 11.5 Å². The van der Waals surface area contributed by atoms with Gasteiger partial charge in [0, 0.05) is 24.0 Å². The van der Waals surface area contributed by atoms with Gasteiger partial charge in [-0.25, -0.2) is 4.39 Å². The van der Waals surface area contributed by atoms with Crippen LogP contribution in [0.15, 0.2) is 30.3 Å². The first kappa shape index (κ1) is 19.2. The summed E-state index contributed by atoms with van der Waals surface area (Å²) < 4.78 is 25.8. The summed E-state index contributed by atoms with van der Waals surface area (Å²) in [6.07, 6.45) is 2.07. The van der Waals surface area contributed by atoms with Gasteiger partial charge in [0.05, 0.1) is 0 Å². The number of ether oxygens (including phenoxy) is 2. The molecule has 0 fully saturated rings. The van der Waals surface area contributed by atoms with Crippen LogP contribution in [0.4, 0.5) is 4.39 Å². The largest absolute Gasteiger partial charge is 0.489 e. The van der Waals surface area contributed by atoms with Gasteiger partial charge in [0.2, 0.25) is 0 Å². The monoisotopic (exact) mass is 372 g/mol. The van der Waals surface area contributed by atoms with E-state index in [0.717, 1.165) is 28.9 Å². The maximum absolute atomic E-state index is 14.0. The minimum atomic E-state index is -0.805. The molecule has 2 aromatic carbocycles. The molecular weight excluding hydrogens is 347 g/mol. The molecule has 0 atom stereocenters. The molecule has 0 aromatic heterocycles. The fourth-order valence-corrected chi connectivity index (χ4v) is 3.52. The maximum atomic E-state index is 14.0. The van der Waals surface area contributed by atoms with Gasteiger partial charge < -0.3 is 14.6 Å². The number of fused-ring (bicyclic) bond motifs is 1. The van der Waals surface area contributed by atoms with Gasteiger partial charge in [-0.15, -0.1) is 0 Å². The Kier molecular flexibility index (Phi) is 5.40. The van der Waals surface area contributed by atoms with Gasteiger partial charge >= 0.3 is 5.97 Å². The lowest BCUT2D eigenvalue weighted by atomic mass is 10.00. The van der Waals surface area contributed by atoms with Crippen LogP contribution in [0.2, 0.25) is 0 Å². The van der Waals surface area contributed by atoms with E-state index in [1.807, 2.05) is 39.0 Å². The minimum absolute atomic E-state index is 0.107. The Morgan fingerprint density at radius 1 is 1.22 bits per heavy atom. The Labute approximate surface area is 158 Å². The molecule has 3 rings (SSSR count). The van der Waals surface area contributed by atoms with Gasteiger partial charge in [-0.3, -0.25) is 4.79 Å². The second kappa shape index (κ2) is 7.59. The van der Waals surface area contributed by atoms with E-state index >= 15 is 0 Å². The summed E-state index contributed by atoms with van der Waals surface area (Å²) in [5, 5.41) is 8.87. The highest BCUT2D eigenvalue weighted by molar-refractivity contribution is 5.67. The van der Waals surface area contributed by atoms with Crippen LogP contribution >= 0.6 is 0 Å². The smallest absolute Gasteiger partial charge is 0.303 e. The lowest BCUT2D eigenvalue weighted by molar-refractivity contribution is -0.136.